The Bertz CT molecular complexity index is 1230. The molecule has 1 amide bonds. The van der Waals surface area contributed by atoms with Crippen LogP contribution in [0.25, 0.3) is 0 Å². The van der Waals surface area contributed by atoms with E-state index in [0.29, 0.717) is 6.07 Å². The van der Waals surface area contributed by atoms with Crippen molar-refractivity contribution >= 4 is 32.4 Å². The number of benzene rings is 2. The standard InChI is InChI=1S/C18H12F5N3O4S2/c19-12-3-1-10(7-14(12)30-18(21,22)23)9-25-16(27)11-2-4-15(13(20)8-11)32(28,29)26-17-24-5-6-31-17/h1-8H,9H2,(H,24,26)(H,25,27). The molecule has 0 saturated carbocycles. The first-order valence-electron chi connectivity index (χ1n) is 8.49. The number of carbonyl (C=O) groups is 1. The first-order valence-corrected chi connectivity index (χ1v) is 10.8. The minimum absolute atomic E-state index is 0.0272. The first-order chi connectivity index (χ1) is 14.9. The van der Waals surface area contributed by atoms with E-state index in [1.807, 2.05) is 0 Å². The maximum absolute atomic E-state index is 14.4. The molecule has 3 aromatic rings. The lowest BCUT2D eigenvalue weighted by molar-refractivity contribution is -0.275. The van der Waals surface area contributed by atoms with Crippen LogP contribution in [0.5, 0.6) is 5.75 Å². The molecule has 14 heteroatoms. The summed E-state index contributed by atoms with van der Waals surface area (Å²) in [6.07, 6.45) is -3.75. The van der Waals surface area contributed by atoms with Crippen molar-refractivity contribution in [1.82, 2.24) is 10.3 Å². The van der Waals surface area contributed by atoms with E-state index in [-0.39, 0.29) is 22.8 Å². The molecule has 0 aliphatic rings. The number of aromatic nitrogens is 1. The minimum atomic E-state index is -5.10. The average molecular weight is 493 g/mol. The van der Waals surface area contributed by atoms with Crippen molar-refractivity contribution in [3.63, 3.8) is 0 Å². The lowest BCUT2D eigenvalue weighted by Gasteiger charge is -2.12. The summed E-state index contributed by atoms with van der Waals surface area (Å²) in [6, 6.07) is 5.24. The van der Waals surface area contributed by atoms with Crippen LogP contribution >= 0.6 is 11.3 Å². The predicted molar refractivity (Wildman–Crippen MR) is 104 cm³/mol. The Hall–Kier alpha value is -3.26. The molecule has 1 aromatic heterocycles. The molecule has 7 nitrogen and oxygen atoms in total. The number of halogens is 5. The van der Waals surface area contributed by atoms with Crippen molar-refractivity contribution < 1.29 is 39.9 Å². The molecular formula is C18H12F5N3O4S2. The van der Waals surface area contributed by atoms with Gasteiger partial charge in [0, 0.05) is 23.7 Å². The van der Waals surface area contributed by atoms with Gasteiger partial charge in [-0.05, 0) is 35.9 Å². The van der Waals surface area contributed by atoms with E-state index >= 15 is 0 Å². The van der Waals surface area contributed by atoms with E-state index in [1.54, 1.807) is 0 Å². The zero-order valence-electron chi connectivity index (χ0n) is 15.6. The molecule has 2 aromatic carbocycles. The number of ether oxygens (including phenoxy) is 1. The number of hydrogen-bond donors (Lipinski definition) is 2. The summed E-state index contributed by atoms with van der Waals surface area (Å²) < 4.78 is 94.9. The van der Waals surface area contributed by atoms with Crippen LogP contribution in [-0.2, 0) is 16.6 Å². The van der Waals surface area contributed by atoms with Crippen molar-refractivity contribution in [3.05, 3.63) is 70.7 Å². The van der Waals surface area contributed by atoms with Gasteiger partial charge in [-0.25, -0.2) is 22.2 Å². The van der Waals surface area contributed by atoms with E-state index in [4.69, 9.17) is 0 Å². The summed E-state index contributed by atoms with van der Waals surface area (Å²) >= 11 is 0.985. The van der Waals surface area contributed by atoms with E-state index in [1.165, 1.54) is 11.6 Å². The fourth-order valence-corrected chi connectivity index (χ4v) is 4.30. The number of carbonyl (C=O) groups excluding carboxylic acids is 1. The fourth-order valence-electron chi connectivity index (χ4n) is 2.45. The number of nitrogens with one attached hydrogen (secondary N) is 2. The highest BCUT2D eigenvalue weighted by Crippen LogP contribution is 2.26. The SMILES string of the molecule is O=C(NCc1ccc(F)c(OC(F)(F)F)c1)c1ccc(S(=O)(=O)Nc2nccs2)c(F)c1. The lowest BCUT2D eigenvalue weighted by Crippen LogP contribution is -2.24. The molecule has 0 saturated heterocycles. The molecule has 3 rings (SSSR count). The van der Waals surface area contributed by atoms with Gasteiger partial charge in [0.15, 0.2) is 16.7 Å². The third-order valence-electron chi connectivity index (χ3n) is 3.81. The van der Waals surface area contributed by atoms with Crippen LogP contribution in [0, 0.1) is 11.6 Å². The molecule has 0 bridgehead atoms. The van der Waals surface area contributed by atoms with Crippen molar-refractivity contribution in [3.8, 4) is 5.75 Å². The highest BCUT2D eigenvalue weighted by atomic mass is 32.2. The number of rotatable bonds is 7. The maximum atomic E-state index is 14.4. The molecular weight excluding hydrogens is 481 g/mol. The summed E-state index contributed by atoms with van der Waals surface area (Å²) in [4.78, 5) is 15.3. The molecule has 0 spiro atoms. The summed E-state index contributed by atoms with van der Waals surface area (Å²) in [6.45, 7) is -0.333. The first kappa shape index (κ1) is 23.4. The van der Waals surface area contributed by atoms with Crippen LogP contribution in [0.15, 0.2) is 52.9 Å². The van der Waals surface area contributed by atoms with Gasteiger partial charge >= 0.3 is 6.36 Å². The van der Waals surface area contributed by atoms with Gasteiger partial charge in [0.2, 0.25) is 0 Å². The average Bonchev–Trinajstić information content (AvgIpc) is 3.19. The van der Waals surface area contributed by atoms with Gasteiger partial charge in [-0.3, -0.25) is 9.52 Å². The Morgan fingerprint density at radius 3 is 2.47 bits per heavy atom. The highest BCUT2D eigenvalue weighted by molar-refractivity contribution is 7.93. The van der Waals surface area contributed by atoms with Crippen molar-refractivity contribution in [2.24, 2.45) is 0 Å². The second kappa shape index (κ2) is 9.08. The molecule has 32 heavy (non-hydrogen) atoms. The van der Waals surface area contributed by atoms with Crippen molar-refractivity contribution in [2.45, 2.75) is 17.8 Å². The third kappa shape index (κ3) is 5.91. The lowest BCUT2D eigenvalue weighted by atomic mass is 10.1. The topological polar surface area (TPSA) is 97.4 Å². The van der Waals surface area contributed by atoms with Gasteiger partial charge < -0.3 is 10.1 Å². The zero-order valence-corrected chi connectivity index (χ0v) is 17.2. The normalized spacial score (nSPS) is 11.8. The molecule has 0 aliphatic heterocycles. The molecule has 170 valence electrons. The summed E-state index contributed by atoms with van der Waals surface area (Å²) in [5.74, 6) is -4.37. The number of hydrogen-bond acceptors (Lipinski definition) is 6. The Labute approximate surface area is 181 Å². The Morgan fingerprint density at radius 2 is 1.84 bits per heavy atom. The summed E-state index contributed by atoms with van der Waals surface area (Å²) in [5, 5.41) is 3.85. The van der Waals surface area contributed by atoms with Crippen molar-refractivity contribution in [1.29, 1.82) is 0 Å². The van der Waals surface area contributed by atoms with Gasteiger partial charge in [-0.1, -0.05) is 6.07 Å². The Balaban J connectivity index is 1.70. The molecule has 0 atom stereocenters. The van der Waals surface area contributed by atoms with Crippen LogP contribution < -0.4 is 14.8 Å². The zero-order chi connectivity index (χ0) is 23.5. The largest absolute Gasteiger partial charge is 0.573 e. The van der Waals surface area contributed by atoms with E-state index in [9.17, 15) is 35.2 Å². The van der Waals surface area contributed by atoms with Crippen LogP contribution in [0.1, 0.15) is 15.9 Å². The van der Waals surface area contributed by atoms with E-state index in [0.717, 1.165) is 41.7 Å². The van der Waals surface area contributed by atoms with Crippen molar-refractivity contribution in [2.75, 3.05) is 4.72 Å². The number of sulfonamides is 1. The van der Waals surface area contributed by atoms with Gasteiger partial charge in [0.05, 0.1) is 0 Å². The number of anilines is 1. The van der Waals surface area contributed by atoms with Gasteiger partial charge in [0.1, 0.15) is 10.7 Å². The van der Waals surface area contributed by atoms with E-state index in [2.05, 4.69) is 19.8 Å². The Kier molecular flexibility index (Phi) is 6.64. The molecule has 0 unspecified atom stereocenters. The van der Waals surface area contributed by atoms with Crippen LogP contribution in [0.3, 0.4) is 0 Å². The summed E-state index contributed by atoms with van der Waals surface area (Å²) in [7, 11) is -4.29. The number of nitrogens with zero attached hydrogens (tertiary/aromatic N) is 1. The fraction of sp³-hybridized carbons (Fsp3) is 0.111. The molecule has 1 heterocycles. The Morgan fingerprint density at radius 1 is 1.09 bits per heavy atom. The number of alkyl halides is 3. The molecule has 2 N–H and O–H groups in total. The third-order valence-corrected chi connectivity index (χ3v) is 6.00. The monoisotopic (exact) mass is 493 g/mol. The molecule has 0 fully saturated rings. The summed E-state index contributed by atoms with van der Waals surface area (Å²) in [5.41, 5.74) is -0.170. The quantitative estimate of drug-likeness (QED) is 0.484. The van der Waals surface area contributed by atoms with Crippen LogP contribution in [-0.4, -0.2) is 25.7 Å². The molecule has 0 aliphatic carbocycles. The highest BCUT2D eigenvalue weighted by Gasteiger charge is 2.32. The molecule has 0 radical (unpaired) electrons. The predicted octanol–water partition coefficient (Wildman–Crippen LogP) is 4.05. The number of thiazole rings is 1. The van der Waals surface area contributed by atoms with E-state index < -0.39 is 44.6 Å². The second-order valence-corrected chi connectivity index (χ2v) is 8.63. The van der Waals surface area contributed by atoms with Crippen LogP contribution in [0.2, 0.25) is 0 Å². The van der Waals surface area contributed by atoms with Crippen LogP contribution in [0.4, 0.5) is 27.1 Å². The second-order valence-electron chi connectivity index (χ2n) is 6.08. The van der Waals surface area contributed by atoms with Gasteiger partial charge in [0.25, 0.3) is 15.9 Å². The maximum Gasteiger partial charge on any atom is 0.573 e. The van der Waals surface area contributed by atoms with Gasteiger partial charge in [-0.2, -0.15) is 0 Å². The number of amides is 1. The smallest absolute Gasteiger partial charge is 0.403 e. The minimum Gasteiger partial charge on any atom is -0.403 e. The van der Waals surface area contributed by atoms with Gasteiger partial charge in [-0.15, -0.1) is 24.5 Å².